The Morgan fingerprint density at radius 2 is 1.28 bits per heavy atom. The second kappa shape index (κ2) is 32.0. The number of guanidine groups is 2. The van der Waals surface area contributed by atoms with Crippen LogP contribution in [0.25, 0.3) is 10.9 Å². The van der Waals surface area contributed by atoms with Gasteiger partial charge in [-0.15, -0.1) is 0 Å². The van der Waals surface area contributed by atoms with Gasteiger partial charge in [-0.25, -0.2) is 4.98 Å². The zero-order valence-electron chi connectivity index (χ0n) is 45.3. The Labute approximate surface area is 476 Å². The van der Waals surface area contributed by atoms with Gasteiger partial charge in [-0.2, -0.15) is 0 Å². The number of aromatic amines is 2. The molecular weight excluding hydrogens is 1080 g/mol. The number of aliphatic imine (C=N–C) groups is 2. The van der Waals surface area contributed by atoms with E-state index in [1.807, 2.05) is 18.2 Å². The van der Waals surface area contributed by atoms with E-state index in [-0.39, 0.29) is 81.5 Å². The molecule has 4 aromatic rings. The van der Waals surface area contributed by atoms with Gasteiger partial charge in [-0.3, -0.25) is 53.1 Å². The number of nitrogens with two attached hydrogens (primary N) is 5. The maximum absolute atomic E-state index is 14.8. The average molecular weight is 1160 g/mol. The Balaban J connectivity index is 1.59. The van der Waals surface area contributed by atoms with Crippen LogP contribution >= 0.6 is 21.6 Å². The second-order valence-electron chi connectivity index (χ2n) is 19.4. The minimum atomic E-state index is -1.41. The molecular formula is C52H74N18O9S2. The van der Waals surface area contributed by atoms with Crippen LogP contribution in [0, 0.1) is 5.92 Å². The molecule has 0 bridgehead atoms. The third kappa shape index (κ3) is 20.7. The number of primary amides is 1. The molecule has 0 spiro atoms. The lowest BCUT2D eigenvalue weighted by molar-refractivity contribution is -0.136. The summed E-state index contributed by atoms with van der Waals surface area (Å²) in [5.74, 6) is -8.43. The highest BCUT2D eigenvalue weighted by Crippen LogP contribution is 2.25. The van der Waals surface area contributed by atoms with Crippen molar-refractivity contribution >= 4 is 97.6 Å². The fraction of sp³-hybridized carbons (Fsp3) is 0.462. The first-order valence-electron chi connectivity index (χ1n) is 26.3. The number of benzene rings is 2. The van der Waals surface area contributed by atoms with Gasteiger partial charge in [-0.1, -0.05) is 90.4 Å². The molecule has 2 aromatic heterocycles. The molecule has 3 heterocycles. The number of fused-ring (bicyclic) bond motifs is 1. The molecule has 29 heteroatoms. The van der Waals surface area contributed by atoms with E-state index in [1.165, 1.54) is 19.4 Å². The molecule has 1 aliphatic rings. The summed E-state index contributed by atoms with van der Waals surface area (Å²) in [7, 11) is 2.04. The van der Waals surface area contributed by atoms with Crippen molar-refractivity contribution in [3.8, 4) is 0 Å². The van der Waals surface area contributed by atoms with Crippen LogP contribution in [0.15, 0.2) is 83.3 Å². The lowest BCUT2D eigenvalue weighted by atomic mass is 9.97. The number of rotatable bonds is 20. The number of aromatic nitrogens is 3. The van der Waals surface area contributed by atoms with Crippen molar-refractivity contribution in [2.45, 2.75) is 120 Å². The first-order valence-corrected chi connectivity index (χ1v) is 28.8. The molecule has 1 saturated heterocycles. The molecule has 0 unspecified atom stereocenters. The Hall–Kier alpha value is -8.34. The molecule has 1 aliphatic heterocycles. The van der Waals surface area contributed by atoms with E-state index in [9.17, 15) is 43.2 Å². The minimum Gasteiger partial charge on any atom is -0.370 e. The minimum absolute atomic E-state index is 0.0565. The number of nitrogens with one attached hydrogen (secondary N) is 10. The van der Waals surface area contributed by atoms with Crippen molar-refractivity contribution in [3.63, 3.8) is 0 Å². The molecule has 20 N–H and O–H groups in total. The average Bonchev–Trinajstić information content (AvgIpc) is 4.11. The smallest absolute Gasteiger partial charge is 0.244 e. The lowest BCUT2D eigenvalue weighted by Gasteiger charge is -2.29. The number of amides is 9. The van der Waals surface area contributed by atoms with Crippen LogP contribution in [0.1, 0.15) is 69.7 Å². The summed E-state index contributed by atoms with van der Waals surface area (Å²) >= 11 is 0. The van der Waals surface area contributed by atoms with Crippen LogP contribution in [0.5, 0.6) is 0 Å². The maximum atomic E-state index is 14.8. The number of para-hydroxylation sites is 1. The summed E-state index contributed by atoms with van der Waals surface area (Å²) in [6.07, 6.45) is 4.91. The highest BCUT2D eigenvalue weighted by molar-refractivity contribution is 8.76. The molecule has 5 rings (SSSR count). The molecule has 438 valence electrons. The molecule has 9 amide bonds. The highest BCUT2D eigenvalue weighted by Gasteiger charge is 2.37. The number of carbonyl (C=O) groups excluding carboxylic acids is 9. The highest BCUT2D eigenvalue weighted by atomic mass is 33.1. The van der Waals surface area contributed by atoms with E-state index >= 15 is 0 Å². The van der Waals surface area contributed by atoms with Gasteiger partial charge in [0, 0.05) is 79.8 Å². The molecule has 0 radical (unpaired) electrons. The first-order chi connectivity index (χ1) is 38.7. The summed E-state index contributed by atoms with van der Waals surface area (Å²) in [6, 6.07) is 5.21. The number of nitrogens with zero attached hydrogens (tertiary/aromatic N) is 3. The van der Waals surface area contributed by atoms with E-state index in [0.717, 1.165) is 32.5 Å². The van der Waals surface area contributed by atoms with Crippen molar-refractivity contribution in [1.29, 1.82) is 0 Å². The van der Waals surface area contributed by atoms with Crippen molar-refractivity contribution in [2.75, 3.05) is 24.6 Å². The van der Waals surface area contributed by atoms with Gasteiger partial charge < -0.3 is 81.2 Å². The molecule has 0 aliphatic carbocycles. The molecule has 2 aromatic carbocycles. The number of hydrogen-bond acceptors (Lipinski definition) is 14. The molecule has 1 fully saturated rings. The summed E-state index contributed by atoms with van der Waals surface area (Å²) in [6.45, 7) is 4.89. The van der Waals surface area contributed by atoms with Gasteiger partial charge in [-0.05, 0) is 48.8 Å². The third-order valence-corrected chi connectivity index (χ3v) is 15.5. The Morgan fingerprint density at radius 3 is 1.93 bits per heavy atom. The van der Waals surface area contributed by atoms with Crippen LogP contribution < -0.4 is 71.2 Å². The molecule has 81 heavy (non-hydrogen) atoms. The summed E-state index contributed by atoms with van der Waals surface area (Å²) in [5.41, 5.74) is 30.5. The zero-order valence-corrected chi connectivity index (χ0v) is 47.0. The SMILES string of the molecule is CC[C@H](C)[C@H]1NC(=O)[C@@H](NC(=O)[C@H](CCCN=C(N)N)NC(C)=O)CSSC[C@@H](C(N)=O)NC(=O)[C@H](Cc2c[nH]c3ccccc23)NC(=O)[C@H](CCCN=C(N)N)NC(=O)[C@@H](Cc2ccccc2)NC(=O)[C@H](Cc2cnc[nH]2)NC1=O. The predicted octanol–water partition coefficient (Wildman–Crippen LogP) is -2.15. The third-order valence-electron chi connectivity index (χ3n) is 13.1. The van der Waals surface area contributed by atoms with E-state index < -0.39 is 107 Å². The Bertz CT molecular complexity index is 2840. The quantitative estimate of drug-likeness (QED) is 0.0194. The fourth-order valence-electron chi connectivity index (χ4n) is 8.59. The second-order valence-corrected chi connectivity index (χ2v) is 21.9. The van der Waals surface area contributed by atoms with E-state index in [1.54, 1.807) is 56.4 Å². The standard InChI is InChI=1S/C52H74N18O9S2/c1-4-28(2)42-50(79)67-39(22-32-24-58-27-62-32)48(77)65-37(20-30-12-6-5-7-13-30)46(75)64-36(17-11-19-60-52(56)57)45(74)66-38(21-31-23-61-34-15-9-8-14-33(31)34)47(76)68-40(43(53)72)25-80-81-26-41(49(78)70-42)69-44(73)35(63-29(3)71)16-10-18-59-51(54)55/h5-9,12-15,23-24,27-28,35-42,61H,4,10-11,16-22,25-26H2,1-3H3,(H2,53,72)(H,58,62)(H,63,71)(H,64,75)(H,65,77)(H,66,74)(H,67,79)(H,68,76)(H,69,73)(H,70,78)(H4,54,55,59)(H4,56,57,60)/t28-,35-,36-,37+,38-,39-,40-,41-,42+/m0/s1. The zero-order chi connectivity index (χ0) is 59.0. The van der Waals surface area contributed by atoms with E-state index in [4.69, 9.17) is 28.7 Å². The molecule has 27 nitrogen and oxygen atoms in total. The van der Waals surface area contributed by atoms with Crippen molar-refractivity contribution < 1.29 is 43.2 Å². The van der Waals surface area contributed by atoms with Crippen molar-refractivity contribution in [3.05, 3.63) is 90.1 Å². The Morgan fingerprint density at radius 1 is 0.691 bits per heavy atom. The lowest BCUT2D eigenvalue weighted by Crippen LogP contribution is -2.62. The van der Waals surface area contributed by atoms with Gasteiger partial charge >= 0.3 is 0 Å². The van der Waals surface area contributed by atoms with Crippen molar-refractivity contribution in [2.24, 2.45) is 44.6 Å². The number of imidazole rings is 1. The monoisotopic (exact) mass is 1160 g/mol. The number of H-pyrrole nitrogens is 2. The largest absolute Gasteiger partial charge is 0.370 e. The van der Waals surface area contributed by atoms with Crippen LogP contribution in [-0.4, -0.2) is 153 Å². The van der Waals surface area contributed by atoms with Crippen LogP contribution in [0.3, 0.4) is 0 Å². The number of carbonyl (C=O) groups is 9. The van der Waals surface area contributed by atoms with E-state index in [2.05, 4.69) is 67.5 Å². The summed E-state index contributed by atoms with van der Waals surface area (Å²) < 4.78 is 0. The van der Waals surface area contributed by atoms with Crippen LogP contribution in [0.2, 0.25) is 0 Å². The van der Waals surface area contributed by atoms with Gasteiger partial charge in [0.15, 0.2) is 11.9 Å². The molecule has 9 atom stereocenters. The topological polar surface area (TPSA) is 449 Å². The Kier molecular flexibility index (Phi) is 25.1. The maximum Gasteiger partial charge on any atom is 0.244 e. The summed E-state index contributed by atoms with van der Waals surface area (Å²) in [4.78, 5) is 146. The van der Waals surface area contributed by atoms with Crippen LogP contribution in [0.4, 0.5) is 0 Å². The first kappa shape index (κ1) is 63.5. The van der Waals surface area contributed by atoms with Gasteiger partial charge in [0.1, 0.15) is 48.3 Å². The normalized spacial score (nSPS) is 21.7. The van der Waals surface area contributed by atoms with Gasteiger partial charge in [0.25, 0.3) is 0 Å². The molecule has 0 saturated carbocycles. The fourth-order valence-corrected chi connectivity index (χ4v) is 10.9. The van der Waals surface area contributed by atoms with Gasteiger partial charge in [0.05, 0.1) is 6.33 Å². The van der Waals surface area contributed by atoms with Gasteiger partial charge in [0.2, 0.25) is 53.2 Å². The van der Waals surface area contributed by atoms with Crippen LogP contribution in [-0.2, 0) is 62.4 Å². The number of hydrogen-bond donors (Lipinski definition) is 15. The predicted molar refractivity (Wildman–Crippen MR) is 309 cm³/mol. The van der Waals surface area contributed by atoms with E-state index in [0.29, 0.717) is 23.2 Å². The van der Waals surface area contributed by atoms with Crippen molar-refractivity contribution in [1.82, 2.24) is 57.5 Å². The summed E-state index contributed by atoms with van der Waals surface area (Å²) in [5, 5.41) is 22.6.